The summed E-state index contributed by atoms with van der Waals surface area (Å²) in [6.45, 7) is 4.04. The van der Waals surface area contributed by atoms with Gasteiger partial charge in [0.15, 0.2) is 0 Å². The van der Waals surface area contributed by atoms with Gasteiger partial charge in [-0.25, -0.2) is 9.59 Å². The van der Waals surface area contributed by atoms with Crippen LogP contribution in [0.4, 0.5) is 4.79 Å². The predicted molar refractivity (Wildman–Crippen MR) is 161 cm³/mol. The first-order valence-electron chi connectivity index (χ1n) is 14.8. The van der Waals surface area contributed by atoms with E-state index in [0.29, 0.717) is 32.4 Å². The average molecular weight is 570 g/mol. The van der Waals surface area contributed by atoms with Gasteiger partial charge in [-0.05, 0) is 47.1 Å². The summed E-state index contributed by atoms with van der Waals surface area (Å²) in [4.78, 5) is 40.5. The molecule has 1 aliphatic heterocycles. The van der Waals surface area contributed by atoms with Gasteiger partial charge in [0.2, 0.25) is 5.91 Å². The van der Waals surface area contributed by atoms with Crippen molar-refractivity contribution in [3.63, 3.8) is 0 Å². The first kappa shape index (κ1) is 29.3. The molecule has 3 N–H and O–H groups in total. The molecule has 3 aromatic rings. The lowest BCUT2D eigenvalue weighted by Crippen LogP contribution is -2.60. The first-order valence-corrected chi connectivity index (χ1v) is 14.8. The van der Waals surface area contributed by atoms with E-state index in [1.165, 1.54) is 5.56 Å². The number of carbonyl (C=O) groups excluding carboxylic acids is 2. The smallest absolute Gasteiger partial charge is 0.407 e. The normalized spacial score (nSPS) is 16.6. The van der Waals surface area contributed by atoms with Gasteiger partial charge in [-0.3, -0.25) is 9.69 Å². The van der Waals surface area contributed by atoms with E-state index in [0.717, 1.165) is 35.2 Å². The molecule has 0 saturated carbocycles. The van der Waals surface area contributed by atoms with Crippen molar-refractivity contribution in [2.75, 3.05) is 19.7 Å². The number of amides is 2. The molecule has 0 unspecified atom stereocenters. The highest BCUT2D eigenvalue weighted by molar-refractivity contribution is 5.87. The lowest BCUT2D eigenvalue weighted by molar-refractivity contribution is -0.150. The molecule has 0 bridgehead atoms. The first-order chi connectivity index (χ1) is 20.4. The fourth-order valence-corrected chi connectivity index (χ4v) is 6.25. The third kappa shape index (κ3) is 6.65. The van der Waals surface area contributed by atoms with Crippen molar-refractivity contribution in [2.24, 2.45) is 0 Å². The molecular formula is C34H39N3O5. The molecule has 0 spiro atoms. The van der Waals surface area contributed by atoms with E-state index >= 15 is 0 Å². The van der Waals surface area contributed by atoms with Crippen molar-refractivity contribution >= 4 is 18.0 Å². The summed E-state index contributed by atoms with van der Waals surface area (Å²) in [7, 11) is 0. The number of hydrogen-bond acceptors (Lipinski definition) is 5. The Hall–Kier alpha value is -4.17. The Kier molecular flexibility index (Phi) is 9.22. The van der Waals surface area contributed by atoms with Crippen molar-refractivity contribution < 1.29 is 24.2 Å². The summed E-state index contributed by atoms with van der Waals surface area (Å²) in [5, 5.41) is 15.8. The number of aliphatic carboxylic acids is 1. The van der Waals surface area contributed by atoms with Crippen molar-refractivity contribution in [2.45, 2.75) is 63.1 Å². The maximum absolute atomic E-state index is 13.1. The molecule has 1 atom stereocenters. The fourth-order valence-electron chi connectivity index (χ4n) is 6.25. The topological polar surface area (TPSA) is 108 Å². The summed E-state index contributed by atoms with van der Waals surface area (Å²) in [6, 6.07) is 25.9. The summed E-state index contributed by atoms with van der Waals surface area (Å²) in [5.74, 6) is -1.46. The van der Waals surface area contributed by atoms with Crippen molar-refractivity contribution in [1.82, 2.24) is 15.5 Å². The van der Waals surface area contributed by atoms with E-state index in [9.17, 15) is 19.5 Å². The molecule has 220 valence electrons. The molecule has 1 fully saturated rings. The molecule has 1 aliphatic carbocycles. The van der Waals surface area contributed by atoms with Crippen LogP contribution in [0.2, 0.25) is 0 Å². The van der Waals surface area contributed by atoms with Crippen LogP contribution in [-0.2, 0) is 20.9 Å². The summed E-state index contributed by atoms with van der Waals surface area (Å²) in [6.07, 6.45) is 1.37. The molecule has 5 rings (SSSR count). The van der Waals surface area contributed by atoms with Gasteiger partial charge in [0.05, 0.1) is 0 Å². The maximum Gasteiger partial charge on any atom is 0.407 e. The van der Waals surface area contributed by atoms with Crippen LogP contribution in [0.1, 0.15) is 61.6 Å². The number of fused-ring (bicyclic) bond motifs is 3. The second-order valence-corrected chi connectivity index (χ2v) is 11.4. The monoisotopic (exact) mass is 569 g/mol. The van der Waals surface area contributed by atoms with Gasteiger partial charge < -0.3 is 20.5 Å². The van der Waals surface area contributed by atoms with Crippen LogP contribution in [0, 0.1) is 0 Å². The van der Waals surface area contributed by atoms with Gasteiger partial charge in [-0.1, -0.05) is 92.2 Å². The minimum absolute atomic E-state index is 0.0131. The van der Waals surface area contributed by atoms with E-state index in [4.69, 9.17) is 4.74 Å². The Labute approximate surface area is 247 Å². The van der Waals surface area contributed by atoms with Gasteiger partial charge in [-0.2, -0.15) is 0 Å². The van der Waals surface area contributed by atoms with E-state index in [1.54, 1.807) is 0 Å². The number of likely N-dealkylation sites (tertiary alicyclic amines) is 1. The Bertz CT molecular complexity index is 1360. The maximum atomic E-state index is 13.1. The lowest BCUT2D eigenvalue weighted by Gasteiger charge is -2.39. The van der Waals surface area contributed by atoms with E-state index in [1.807, 2.05) is 49.4 Å². The van der Waals surface area contributed by atoms with Crippen LogP contribution in [-0.4, -0.2) is 59.3 Å². The van der Waals surface area contributed by atoms with Crippen LogP contribution >= 0.6 is 0 Å². The Balaban J connectivity index is 1.15. The third-order valence-electron chi connectivity index (χ3n) is 8.48. The van der Waals surface area contributed by atoms with Gasteiger partial charge in [0.25, 0.3) is 0 Å². The van der Waals surface area contributed by atoms with Gasteiger partial charge in [0, 0.05) is 38.0 Å². The average Bonchev–Trinajstić information content (AvgIpc) is 3.31. The fraction of sp³-hybridized carbons (Fsp3) is 0.382. The number of ether oxygens (including phenoxy) is 1. The number of benzene rings is 3. The van der Waals surface area contributed by atoms with Crippen molar-refractivity contribution in [1.29, 1.82) is 0 Å². The Morgan fingerprint density at radius 1 is 0.929 bits per heavy atom. The van der Waals surface area contributed by atoms with Crippen molar-refractivity contribution in [3.05, 3.63) is 95.6 Å². The number of carboxylic acid groups (broad SMARTS) is 1. The van der Waals surface area contributed by atoms with Crippen LogP contribution < -0.4 is 10.6 Å². The Morgan fingerprint density at radius 3 is 2.12 bits per heavy atom. The molecule has 1 saturated heterocycles. The molecule has 2 aliphatic rings. The van der Waals surface area contributed by atoms with Crippen LogP contribution in [0.5, 0.6) is 0 Å². The predicted octanol–water partition coefficient (Wildman–Crippen LogP) is 5.32. The number of hydrogen-bond donors (Lipinski definition) is 3. The van der Waals surface area contributed by atoms with Gasteiger partial charge in [-0.15, -0.1) is 0 Å². The molecule has 8 heteroatoms. The summed E-state index contributed by atoms with van der Waals surface area (Å²) in [5.41, 5.74) is 4.42. The summed E-state index contributed by atoms with van der Waals surface area (Å²) < 4.78 is 5.69. The zero-order chi connectivity index (χ0) is 29.5. The lowest BCUT2D eigenvalue weighted by atomic mass is 9.87. The van der Waals surface area contributed by atoms with Gasteiger partial charge >= 0.3 is 12.1 Å². The second-order valence-electron chi connectivity index (χ2n) is 11.4. The molecule has 1 heterocycles. The number of carboxylic acids is 1. The highest BCUT2D eigenvalue weighted by atomic mass is 16.5. The molecule has 3 aromatic carbocycles. The number of nitrogens with one attached hydrogen (secondary N) is 2. The zero-order valence-electron chi connectivity index (χ0n) is 24.1. The highest BCUT2D eigenvalue weighted by Crippen LogP contribution is 2.44. The van der Waals surface area contributed by atoms with E-state index in [-0.39, 0.29) is 24.9 Å². The standard InChI is InChI=1S/C34H39N3O5/c1-2-10-25(35-33(41)42-23-30-28-15-8-6-13-26(28)27-14-7-9-16-29(27)30)21-31(38)36-34(32(39)40)17-19-37(20-18-34)22-24-11-4-3-5-12-24/h3-9,11-16,25,30H,2,10,17-23H2,1H3,(H,35,41)(H,36,38)(H,39,40)/t25-/m1/s1. The number of carbonyl (C=O) groups is 3. The number of piperidine rings is 1. The summed E-state index contributed by atoms with van der Waals surface area (Å²) >= 11 is 0. The molecule has 8 nitrogen and oxygen atoms in total. The van der Waals surface area contributed by atoms with Gasteiger partial charge in [0.1, 0.15) is 12.1 Å². The molecule has 0 radical (unpaired) electrons. The molecular weight excluding hydrogens is 530 g/mol. The molecule has 0 aromatic heterocycles. The molecule has 42 heavy (non-hydrogen) atoms. The SMILES string of the molecule is CCC[C@H](CC(=O)NC1(C(=O)O)CCN(Cc2ccccc2)CC1)NC(=O)OCC1c2ccccc2-c2ccccc21. The van der Waals surface area contributed by atoms with E-state index < -0.39 is 23.6 Å². The number of alkyl carbamates (subject to hydrolysis) is 1. The third-order valence-corrected chi connectivity index (χ3v) is 8.48. The zero-order valence-corrected chi connectivity index (χ0v) is 24.1. The van der Waals surface area contributed by atoms with Crippen LogP contribution in [0.15, 0.2) is 78.9 Å². The minimum atomic E-state index is -1.31. The highest BCUT2D eigenvalue weighted by Gasteiger charge is 2.43. The largest absolute Gasteiger partial charge is 0.480 e. The van der Waals surface area contributed by atoms with Crippen LogP contribution in [0.25, 0.3) is 11.1 Å². The number of nitrogens with zero attached hydrogens (tertiary/aromatic N) is 1. The number of rotatable bonds is 11. The minimum Gasteiger partial charge on any atom is -0.480 e. The van der Waals surface area contributed by atoms with Crippen molar-refractivity contribution in [3.8, 4) is 11.1 Å². The Morgan fingerprint density at radius 2 is 1.52 bits per heavy atom. The van der Waals surface area contributed by atoms with E-state index in [2.05, 4.69) is 51.9 Å². The quantitative estimate of drug-likeness (QED) is 0.289. The van der Waals surface area contributed by atoms with Crippen LogP contribution in [0.3, 0.4) is 0 Å². The molecule has 2 amide bonds. The second kappa shape index (κ2) is 13.2.